The summed E-state index contributed by atoms with van der Waals surface area (Å²) in [6.07, 6.45) is 3.28. The van der Waals surface area contributed by atoms with Crippen LogP contribution in [0.25, 0.3) is 0 Å². The number of primary amides is 1. The van der Waals surface area contributed by atoms with Crippen molar-refractivity contribution in [3.8, 4) is 0 Å². The van der Waals surface area contributed by atoms with Gasteiger partial charge in [0.1, 0.15) is 6.04 Å². The Morgan fingerprint density at radius 3 is 1.77 bits per heavy atom. The number of hydrogen-bond acceptors (Lipinski definition) is 14. The molecule has 0 aromatic rings. The van der Waals surface area contributed by atoms with Gasteiger partial charge in [-0.3, -0.25) is 48.6 Å². The van der Waals surface area contributed by atoms with Gasteiger partial charge < -0.3 is 58.0 Å². The fourth-order valence-corrected chi connectivity index (χ4v) is 10.8. The van der Waals surface area contributed by atoms with Crippen molar-refractivity contribution in [1.29, 1.82) is 0 Å². The molecule has 0 saturated carbocycles. The fourth-order valence-electron chi connectivity index (χ4n) is 10.6. The number of amides is 4. The third-order valence-electron chi connectivity index (χ3n) is 14.5. The SMILES string of the molecule is CCC(C)(C(=O)[C@@H]1C[C@@H](OCCCN=C(N)N)CN1C(=O)[C@@H]1C[C@@H](OCCCN=C(N)N)CN1C(=O)[C@@H]1CCCN1C(CC)(CC)C(=O)CNC(=O)CCCS)N1C[C@H](OCC(C)C)C[C@H]1C(N)=O. The Morgan fingerprint density at radius 2 is 1.25 bits per heavy atom. The minimum absolute atomic E-state index is 0.0386. The Hall–Kier alpha value is -4.09. The van der Waals surface area contributed by atoms with Gasteiger partial charge in [0.15, 0.2) is 23.5 Å². The minimum Gasteiger partial charge on any atom is -0.377 e. The van der Waals surface area contributed by atoms with E-state index in [-0.39, 0.29) is 99.4 Å². The topological polar surface area (TPSA) is 310 Å². The Kier molecular flexibility index (Phi) is 22.4. The number of carbonyl (C=O) groups excluding carboxylic acids is 6. The maximum atomic E-state index is 15.5. The van der Waals surface area contributed by atoms with E-state index in [2.05, 4.69) is 27.9 Å². The van der Waals surface area contributed by atoms with Gasteiger partial charge in [-0.25, -0.2) is 0 Å². The van der Waals surface area contributed by atoms with E-state index in [1.807, 2.05) is 44.4 Å². The van der Waals surface area contributed by atoms with E-state index in [1.54, 1.807) is 16.7 Å². The molecule has 392 valence electrons. The van der Waals surface area contributed by atoms with Crippen molar-refractivity contribution < 1.29 is 43.0 Å². The molecule has 4 amide bonds. The lowest BCUT2D eigenvalue weighted by Gasteiger charge is -2.44. The van der Waals surface area contributed by atoms with Crippen molar-refractivity contribution in [3.05, 3.63) is 0 Å². The first-order valence-electron chi connectivity index (χ1n) is 25.1. The largest absolute Gasteiger partial charge is 0.377 e. The van der Waals surface area contributed by atoms with E-state index in [1.165, 1.54) is 0 Å². The summed E-state index contributed by atoms with van der Waals surface area (Å²) in [5.74, 6) is -1.26. The zero-order chi connectivity index (χ0) is 51.1. The van der Waals surface area contributed by atoms with Crippen LogP contribution < -0.4 is 34.0 Å². The van der Waals surface area contributed by atoms with Crippen molar-refractivity contribution in [1.82, 2.24) is 24.9 Å². The van der Waals surface area contributed by atoms with Crippen LogP contribution in [0.4, 0.5) is 0 Å². The van der Waals surface area contributed by atoms with Crippen LogP contribution in [-0.4, -0.2) is 192 Å². The van der Waals surface area contributed by atoms with E-state index in [0.717, 1.165) is 0 Å². The van der Waals surface area contributed by atoms with Gasteiger partial charge >= 0.3 is 0 Å². The summed E-state index contributed by atoms with van der Waals surface area (Å²) < 4.78 is 18.8. The lowest BCUT2D eigenvalue weighted by Crippen LogP contribution is -2.63. The third-order valence-corrected chi connectivity index (χ3v) is 14.8. The highest BCUT2D eigenvalue weighted by Crippen LogP contribution is 2.39. The van der Waals surface area contributed by atoms with Crippen molar-refractivity contribution >= 4 is 59.7 Å². The van der Waals surface area contributed by atoms with E-state index < -0.39 is 59.3 Å². The second-order valence-electron chi connectivity index (χ2n) is 19.6. The summed E-state index contributed by atoms with van der Waals surface area (Å²) >= 11 is 4.20. The Morgan fingerprint density at radius 1 is 0.710 bits per heavy atom. The average molecular weight is 993 g/mol. The number of Topliss-reactive ketones (excluding diaryl/α,β-unsaturated/α-hetero) is 2. The summed E-state index contributed by atoms with van der Waals surface area (Å²) in [6.45, 7) is 14.0. The molecular formula is C47H84N12O9S. The molecule has 4 saturated heterocycles. The first-order valence-corrected chi connectivity index (χ1v) is 25.8. The van der Waals surface area contributed by atoms with Crippen molar-refractivity contribution in [2.45, 2.75) is 172 Å². The number of nitrogens with two attached hydrogens (primary N) is 5. The summed E-state index contributed by atoms with van der Waals surface area (Å²) in [5, 5.41) is 2.78. The second kappa shape index (κ2) is 26.9. The van der Waals surface area contributed by atoms with Crippen LogP contribution in [0, 0.1) is 5.92 Å². The molecule has 0 aromatic carbocycles. The zero-order valence-electron chi connectivity index (χ0n) is 42.1. The van der Waals surface area contributed by atoms with Gasteiger partial charge in [-0.1, -0.05) is 34.6 Å². The summed E-state index contributed by atoms with van der Waals surface area (Å²) in [5.41, 5.74) is 25.9. The van der Waals surface area contributed by atoms with Crippen LogP contribution in [0.15, 0.2) is 9.98 Å². The van der Waals surface area contributed by atoms with Crippen LogP contribution >= 0.6 is 12.6 Å². The number of nitrogens with zero attached hydrogens (tertiary/aromatic N) is 6. The first kappa shape index (κ1) is 57.5. The predicted molar refractivity (Wildman–Crippen MR) is 267 cm³/mol. The molecule has 4 aliphatic rings. The summed E-state index contributed by atoms with van der Waals surface area (Å²) in [4.78, 5) is 101. The standard InChI is InChI=1S/C47H84N12O9S/c1-7-46(6,59-28-33(68-29-30(4)5)23-36(59)41(48)63)40(62)35-22-31(66-19-12-16-53-44(49)50)26-56(35)43(65)37-24-32(67-20-13-17-54-45(51)52)27-57(37)42(64)34-14-10-18-58(34)47(8-2,9-3)38(60)25-55-39(61)15-11-21-69/h30-37,69H,7-29H2,1-6H3,(H2,48,63)(H,55,61)(H4,49,50,53)(H4,51,52,54)/t31-,32-,33-,34+,35+,36+,37+,46?/m1/s1. The third kappa shape index (κ3) is 14.7. The number of nitrogens with one attached hydrogen (secondary N) is 1. The normalized spacial score (nSPS) is 25.2. The van der Waals surface area contributed by atoms with E-state index in [4.69, 9.17) is 42.9 Å². The Bertz CT molecular complexity index is 1810. The number of rotatable bonds is 29. The molecule has 8 atom stereocenters. The Labute approximate surface area is 414 Å². The van der Waals surface area contributed by atoms with Crippen LogP contribution in [0.5, 0.6) is 0 Å². The molecule has 4 rings (SSSR count). The van der Waals surface area contributed by atoms with Crippen molar-refractivity contribution in [3.63, 3.8) is 0 Å². The van der Waals surface area contributed by atoms with Crippen LogP contribution in [0.1, 0.15) is 119 Å². The molecule has 4 heterocycles. The van der Waals surface area contributed by atoms with Crippen molar-refractivity contribution in [2.75, 3.05) is 71.4 Å². The lowest BCUT2D eigenvalue weighted by atomic mass is 9.84. The molecule has 22 heteroatoms. The lowest BCUT2D eigenvalue weighted by molar-refractivity contribution is -0.152. The minimum atomic E-state index is -1.24. The number of hydrogen-bond donors (Lipinski definition) is 7. The molecule has 0 aliphatic carbocycles. The van der Waals surface area contributed by atoms with Gasteiger partial charge in [0.05, 0.1) is 54.1 Å². The molecule has 21 nitrogen and oxygen atoms in total. The van der Waals surface area contributed by atoms with E-state index in [9.17, 15) is 14.4 Å². The molecule has 0 aromatic heterocycles. The highest BCUT2D eigenvalue weighted by atomic mass is 32.1. The van der Waals surface area contributed by atoms with Gasteiger partial charge in [0.2, 0.25) is 23.6 Å². The molecule has 0 radical (unpaired) electrons. The molecule has 1 unspecified atom stereocenters. The average Bonchev–Trinajstić information content (AvgIpc) is 4.15. The molecule has 0 spiro atoms. The smallest absolute Gasteiger partial charge is 0.246 e. The summed E-state index contributed by atoms with van der Waals surface area (Å²) in [6, 6.07) is -3.52. The maximum Gasteiger partial charge on any atom is 0.246 e. The monoisotopic (exact) mass is 993 g/mol. The molecule has 4 aliphatic heterocycles. The van der Waals surface area contributed by atoms with Gasteiger partial charge in [-0.05, 0) is 82.9 Å². The first-order chi connectivity index (χ1) is 32.8. The van der Waals surface area contributed by atoms with Crippen LogP contribution in [-0.2, 0) is 43.0 Å². The van der Waals surface area contributed by atoms with Gasteiger partial charge in [-0.15, -0.1) is 0 Å². The van der Waals surface area contributed by atoms with Gasteiger partial charge in [0.25, 0.3) is 0 Å². The molecule has 11 N–H and O–H groups in total. The second-order valence-corrected chi connectivity index (χ2v) is 20.0. The van der Waals surface area contributed by atoms with E-state index >= 15 is 14.4 Å². The molecule has 69 heavy (non-hydrogen) atoms. The van der Waals surface area contributed by atoms with E-state index in [0.29, 0.717) is 96.3 Å². The van der Waals surface area contributed by atoms with Crippen LogP contribution in [0.3, 0.4) is 0 Å². The zero-order valence-corrected chi connectivity index (χ0v) is 43.0. The number of guanidine groups is 2. The number of ether oxygens (including phenoxy) is 3. The number of likely N-dealkylation sites (tertiary alicyclic amines) is 4. The quantitative estimate of drug-likeness (QED) is 0.0225. The maximum absolute atomic E-state index is 15.5. The van der Waals surface area contributed by atoms with Crippen molar-refractivity contribution in [2.24, 2.45) is 44.6 Å². The van der Waals surface area contributed by atoms with Crippen LogP contribution in [0.2, 0.25) is 0 Å². The highest BCUT2D eigenvalue weighted by Gasteiger charge is 2.56. The summed E-state index contributed by atoms with van der Waals surface area (Å²) in [7, 11) is 0. The van der Waals surface area contributed by atoms with Gasteiger partial charge in [-0.2, -0.15) is 12.6 Å². The number of thiol groups is 1. The van der Waals surface area contributed by atoms with Gasteiger partial charge in [0, 0.05) is 71.8 Å². The predicted octanol–water partition coefficient (Wildman–Crippen LogP) is 0.0427. The number of ketones is 2. The fraction of sp³-hybridized carbons (Fsp3) is 0.830. The number of aliphatic imine (C=N–C) groups is 2. The molecular weight excluding hydrogens is 909 g/mol. The molecule has 4 fully saturated rings. The highest BCUT2D eigenvalue weighted by molar-refractivity contribution is 7.80. The number of carbonyl (C=O) groups is 6. The Balaban J connectivity index is 1.70. The molecule has 0 bridgehead atoms.